The van der Waals surface area contributed by atoms with Crippen LogP contribution in [0, 0.1) is 10.8 Å². The molecule has 0 bridgehead atoms. The summed E-state index contributed by atoms with van der Waals surface area (Å²) >= 11 is 0. The highest BCUT2D eigenvalue weighted by Crippen LogP contribution is 2.42. The molecule has 0 radical (unpaired) electrons. The van der Waals surface area contributed by atoms with E-state index < -0.39 is 12.1 Å². The molecule has 0 amide bonds. The number of aliphatic hydroxyl groups excluding tert-OH is 1. The quantitative estimate of drug-likeness (QED) is 0.774. The van der Waals surface area contributed by atoms with Crippen molar-refractivity contribution >= 4 is 5.97 Å². The van der Waals surface area contributed by atoms with Crippen LogP contribution in [-0.2, 0) is 4.79 Å². The Kier molecular flexibility index (Phi) is 3.62. The molecule has 0 aromatic rings. The van der Waals surface area contributed by atoms with E-state index in [4.69, 9.17) is 5.11 Å². The Balaban J connectivity index is 3.03. The van der Waals surface area contributed by atoms with E-state index in [1.165, 1.54) is 0 Å². The molecule has 2 atom stereocenters. The van der Waals surface area contributed by atoms with Crippen molar-refractivity contribution in [2.75, 3.05) is 0 Å². The van der Waals surface area contributed by atoms with E-state index in [2.05, 4.69) is 27.7 Å². The molecule has 94 valence electrons. The first-order chi connectivity index (χ1) is 7.67. The fourth-order valence-electron chi connectivity index (χ4n) is 1.56. The Hall–Kier alpha value is -1.35. The van der Waals surface area contributed by atoms with E-state index in [1.807, 2.05) is 18.2 Å². The third-order valence-corrected chi connectivity index (χ3v) is 3.52. The van der Waals surface area contributed by atoms with E-state index >= 15 is 0 Å². The summed E-state index contributed by atoms with van der Waals surface area (Å²) in [6, 6.07) is 0. The van der Waals surface area contributed by atoms with Gasteiger partial charge in [-0.15, -0.1) is 0 Å². The minimum absolute atomic E-state index is 0.0253. The number of carboxylic acid groups (broad SMARTS) is 1. The second-order valence-corrected chi connectivity index (χ2v) is 5.63. The molecule has 0 saturated carbocycles. The second-order valence-electron chi connectivity index (χ2n) is 5.63. The Bertz CT molecular complexity index is 396. The average molecular weight is 236 g/mol. The normalized spacial score (nSPS) is 26.3. The van der Waals surface area contributed by atoms with Crippen LogP contribution in [0.5, 0.6) is 0 Å². The van der Waals surface area contributed by atoms with Gasteiger partial charge >= 0.3 is 5.97 Å². The third-order valence-electron chi connectivity index (χ3n) is 3.52. The molecule has 1 rings (SSSR count). The van der Waals surface area contributed by atoms with Gasteiger partial charge in [0.1, 0.15) is 0 Å². The molecule has 0 fully saturated rings. The number of aliphatic carboxylic acids is 1. The maximum Gasteiger partial charge on any atom is 0.337 e. The molecule has 0 spiro atoms. The topological polar surface area (TPSA) is 57.5 Å². The molecule has 1 aliphatic rings. The van der Waals surface area contributed by atoms with Crippen molar-refractivity contribution < 1.29 is 15.0 Å². The summed E-state index contributed by atoms with van der Waals surface area (Å²) in [4.78, 5) is 10.7. The van der Waals surface area contributed by atoms with Crippen LogP contribution in [0.25, 0.3) is 0 Å². The molecule has 3 nitrogen and oxygen atoms in total. The van der Waals surface area contributed by atoms with E-state index in [9.17, 15) is 9.90 Å². The van der Waals surface area contributed by atoms with Crippen LogP contribution in [0.15, 0.2) is 36.0 Å². The van der Waals surface area contributed by atoms with Gasteiger partial charge in [0, 0.05) is 5.41 Å². The molecule has 2 N–H and O–H groups in total. The molecule has 0 saturated heterocycles. The van der Waals surface area contributed by atoms with Gasteiger partial charge in [0.25, 0.3) is 0 Å². The van der Waals surface area contributed by atoms with Crippen molar-refractivity contribution in [1.29, 1.82) is 0 Å². The summed E-state index contributed by atoms with van der Waals surface area (Å²) in [5.41, 5.74) is 0.266. The van der Waals surface area contributed by atoms with Gasteiger partial charge in [-0.1, -0.05) is 58.1 Å². The molecule has 17 heavy (non-hydrogen) atoms. The maximum atomic E-state index is 10.7. The minimum Gasteiger partial charge on any atom is -0.479 e. The van der Waals surface area contributed by atoms with Crippen LogP contribution in [0.3, 0.4) is 0 Å². The number of rotatable bonds is 2. The second kappa shape index (κ2) is 4.49. The Morgan fingerprint density at radius 2 is 1.94 bits per heavy atom. The van der Waals surface area contributed by atoms with E-state index in [1.54, 1.807) is 12.2 Å². The third kappa shape index (κ3) is 2.86. The zero-order chi connectivity index (χ0) is 13.3. The van der Waals surface area contributed by atoms with E-state index in [0.717, 1.165) is 0 Å². The Morgan fingerprint density at radius 3 is 2.41 bits per heavy atom. The smallest absolute Gasteiger partial charge is 0.337 e. The van der Waals surface area contributed by atoms with Crippen molar-refractivity contribution in [3.05, 3.63) is 36.0 Å². The number of hydrogen-bond donors (Lipinski definition) is 2. The zero-order valence-corrected chi connectivity index (χ0v) is 10.8. The largest absolute Gasteiger partial charge is 0.479 e. The molecule has 0 aliphatic heterocycles. The average Bonchev–Trinajstić information content (AvgIpc) is 2.39. The molecule has 2 unspecified atom stereocenters. The van der Waals surface area contributed by atoms with Crippen LogP contribution in [0.2, 0.25) is 0 Å². The first kappa shape index (κ1) is 13.7. The zero-order valence-electron chi connectivity index (χ0n) is 10.8. The summed E-state index contributed by atoms with van der Waals surface area (Å²) in [5, 5.41) is 18.3. The van der Waals surface area contributed by atoms with Crippen molar-refractivity contribution in [3.63, 3.8) is 0 Å². The predicted octanol–water partition coefficient (Wildman–Crippen LogP) is 2.54. The van der Waals surface area contributed by atoms with Crippen LogP contribution in [0.4, 0.5) is 0 Å². The molecule has 0 aromatic heterocycles. The van der Waals surface area contributed by atoms with Crippen molar-refractivity contribution in [2.24, 2.45) is 10.8 Å². The number of hydrogen-bond acceptors (Lipinski definition) is 2. The Morgan fingerprint density at radius 1 is 1.35 bits per heavy atom. The molecule has 0 heterocycles. The van der Waals surface area contributed by atoms with E-state index in [0.29, 0.717) is 5.57 Å². The SMILES string of the molecule is CC(C)(C)C1(C)C=CC=C(C(O)C(=O)O)C=C1. The fraction of sp³-hybridized carbons (Fsp3) is 0.500. The van der Waals surface area contributed by atoms with Crippen LogP contribution in [-0.4, -0.2) is 22.3 Å². The fourth-order valence-corrected chi connectivity index (χ4v) is 1.56. The highest BCUT2D eigenvalue weighted by molar-refractivity contribution is 5.77. The van der Waals surface area contributed by atoms with Crippen LogP contribution in [0.1, 0.15) is 27.7 Å². The first-order valence-corrected chi connectivity index (χ1v) is 5.67. The summed E-state index contributed by atoms with van der Waals surface area (Å²) in [6.45, 7) is 8.46. The van der Waals surface area contributed by atoms with Crippen molar-refractivity contribution in [1.82, 2.24) is 0 Å². The lowest BCUT2D eigenvalue weighted by molar-refractivity contribution is -0.144. The van der Waals surface area contributed by atoms with Gasteiger partial charge in [0.15, 0.2) is 6.10 Å². The van der Waals surface area contributed by atoms with Crippen LogP contribution < -0.4 is 0 Å². The summed E-state index contributed by atoms with van der Waals surface area (Å²) in [6.07, 6.45) is 7.68. The summed E-state index contributed by atoms with van der Waals surface area (Å²) < 4.78 is 0. The van der Waals surface area contributed by atoms with Gasteiger partial charge in [0.05, 0.1) is 0 Å². The molecule has 3 heteroatoms. The highest BCUT2D eigenvalue weighted by Gasteiger charge is 2.33. The minimum atomic E-state index is -1.46. The monoisotopic (exact) mass is 236 g/mol. The summed E-state index contributed by atoms with van der Waals surface area (Å²) in [5.74, 6) is -1.23. The molecular formula is C14H20O3. The lowest BCUT2D eigenvalue weighted by Gasteiger charge is -2.37. The van der Waals surface area contributed by atoms with Gasteiger partial charge in [-0.05, 0) is 11.0 Å². The lowest BCUT2D eigenvalue weighted by Crippen LogP contribution is -2.28. The molecule has 1 aliphatic carbocycles. The van der Waals surface area contributed by atoms with Gasteiger partial charge in [-0.25, -0.2) is 4.79 Å². The van der Waals surface area contributed by atoms with E-state index in [-0.39, 0.29) is 10.8 Å². The molecule has 0 aromatic carbocycles. The number of carboxylic acids is 1. The van der Waals surface area contributed by atoms with Crippen molar-refractivity contribution in [3.8, 4) is 0 Å². The van der Waals surface area contributed by atoms with Gasteiger partial charge in [-0.2, -0.15) is 0 Å². The lowest BCUT2D eigenvalue weighted by atomic mass is 9.68. The number of aliphatic hydroxyl groups is 1. The van der Waals surface area contributed by atoms with Gasteiger partial charge < -0.3 is 10.2 Å². The van der Waals surface area contributed by atoms with Crippen LogP contribution >= 0.6 is 0 Å². The molecular weight excluding hydrogens is 216 g/mol. The van der Waals surface area contributed by atoms with Crippen molar-refractivity contribution in [2.45, 2.75) is 33.8 Å². The Labute approximate surface area is 102 Å². The standard InChI is InChI=1S/C14H20O3/c1-13(2,3)14(4)8-5-6-10(7-9-14)11(15)12(16)17/h5-9,11,15H,1-4H3,(H,16,17). The number of carbonyl (C=O) groups is 1. The highest BCUT2D eigenvalue weighted by atomic mass is 16.4. The predicted molar refractivity (Wildman–Crippen MR) is 67.6 cm³/mol. The number of allylic oxidation sites excluding steroid dienone is 4. The van der Waals surface area contributed by atoms with Gasteiger partial charge in [0.2, 0.25) is 0 Å². The first-order valence-electron chi connectivity index (χ1n) is 5.67. The van der Waals surface area contributed by atoms with Gasteiger partial charge in [-0.3, -0.25) is 0 Å². The maximum absolute atomic E-state index is 10.7. The summed E-state index contributed by atoms with van der Waals surface area (Å²) in [7, 11) is 0.